The van der Waals surface area contributed by atoms with Gasteiger partial charge in [0.25, 0.3) is 0 Å². The average Bonchev–Trinajstić information content (AvgIpc) is 2.66. The highest BCUT2D eigenvalue weighted by atomic mass is 16.5. The van der Waals surface area contributed by atoms with E-state index in [2.05, 4.69) is 28.7 Å². The standard InChI is InChI=1S/C25H35N3O3/c1-16-8-9-19(27-14-16)18-15-26-17(2)20(22(23(29)30)31-24(3,4)5)21(18)28-12-10-25(6,7)11-13-28/h8-9,14-15,22H,10-13H2,1-7H3,(H,29,30). The first kappa shape index (κ1) is 23.2. The summed E-state index contributed by atoms with van der Waals surface area (Å²) in [4.78, 5) is 23.9. The topological polar surface area (TPSA) is 75.6 Å². The van der Waals surface area contributed by atoms with E-state index in [0.717, 1.165) is 48.4 Å². The second-order valence-electron chi connectivity index (χ2n) is 10.3. The fourth-order valence-electron chi connectivity index (χ4n) is 4.00. The Kier molecular flexibility index (Phi) is 6.42. The highest BCUT2D eigenvalue weighted by Gasteiger charge is 2.35. The number of hydrogen-bond donors (Lipinski definition) is 1. The van der Waals surface area contributed by atoms with E-state index in [9.17, 15) is 9.90 Å². The lowest BCUT2D eigenvalue weighted by Crippen LogP contribution is -2.39. The van der Waals surface area contributed by atoms with Crippen molar-refractivity contribution in [2.45, 2.75) is 73.0 Å². The number of piperidine rings is 1. The van der Waals surface area contributed by atoms with Crippen LogP contribution in [0.2, 0.25) is 0 Å². The van der Waals surface area contributed by atoms with Crippen molar-refractivity contribution >= 4 is 11.7 Å². The van der Waals surface area contributed by atoms with Gasteiger partial charge in [-0.25, -0.2) is 4.79 Å². The van der Waals surface area contributed by atoms with Gasteiger partial charge in [-0.2, -0.15) is 0 Å². The van der Waals surface area contributed by atoms with Gasteiger partial charge in [-0.3, -0.25) is 9.97 Å². The molecule has 3 rings (SSSR count). The lowest BCUT2D eigenvalue weighted by Gasteiger charge is -2.40. The Labute approximate surface area is 185 Å². The fraction of sp³-hybridized carbons (Fsp3) is 0.560. The van der Waals surface area contributed by atoms with Gasteiger partial charge in [-0.05, 0) is 64.5 Å². The second-order valence-corrected chi connectivity index (χ2v) is 10.3. The summed E-state index contributed by atoms with van der Waals surface area (Å²) in [5, 5.41) is 10.1. The first-order chi connectivity index (χ1) is 14.4. The predicted octanol–water partition coefficient (Wildman–Crippen LogP) is 5.33. The number of carboxylic acid groups (broad SMARTS) is 1. The van der Waals surface area contributed by atoms with E-state index < -0.39 is 17.7 Å². The Hall–Kier alpha value is -2.47. The summed E-state index contributed by atoms with van der Waals surface area (Å²) in [5.74, 6) is -1.01. The fourth-order valence-corrected chi connectivity index (χ4v) is 4.00. The van der Waals surface area contributed by atoms with Crippen molar-refractivity contribution in [2.24, 2.45) is 5.41 Å². The van der Waals surface area contributed by atoms with Gasteiger partial charge >= 0.3 is 5.97 Å². The van der Waals surface area contributed by atoms with Crippen LogP contribution in [0.25, 0.3) is 11.3 Å². The van der Waals surface area contributed by atoms with E-state index >= 15 is 0 Å². The molecular formula is C25H35N3O3. The van der Waals surface area contributed by atoms with Gasteiger partial charge in [0.05, 0.1) is 17.0 Å². The number of rotatable bonds is 5. The molecule has 6 heteroatoms. The molecule has 168 valence electrons. The molecule has 6 nitrogen and oxygen atoms in total. The highest BCUT2D eigenvalue weighted by molar-refractivity contribution is 5.85. The zero-order valence-corrected chi connectivity index (χ0v) is 19.8. The maximum atomic E-state index is 12.4. The number of aryl methyl sites for hydroxylation is 2. The Morgan fingerprint density at radius 2 is 1.77 bits per heavy atom. The first-order valence-electron chi connectivity index (χ1n) is 11.0. The van der Waals surface area contributed by atoms with Crippen molar-refractivity contribution in [1.82, 2.24) is 9.97 Å². The van der Waals surface area contributed by atoms with Crippen LogP contribution in [0.4, 0.5) is 5.69 Å². The molecule has 2 aromatic rings. The van der Waals surface area contributed by atoms with Crippen molar-refractivity contribution in [1.29, 1.82) is 0 Å². The van der Waals surface area contributed by atoms with E-state index in [1.165, 1.54) is 0 Å². The number of anilines is 1. The maximum Gasteiger partial charge on any atom is 0.337 e. The molecule has 0 bridgehead atoms. The van der Waals surface area contributed by atoms with E-state index in [1.807, 2.05) is 59.1 Å². The van der Waals surface area contributed by atoms with E-state index in [-0.39, 0.29) is 5.41 Å². The van der Waals surface area contributed by atoms with Crippen molar-refractivity contribution in [2.75, 3.05) is 18.0 Å². The minimum atomic E-state index is -1.11. The van der Waals surface area contributed by atoms with Crippen molar-refractivity contribution < 1.29 is 14.6 Å². The zero-order chi connectivity index (χ0) is 23.0. The number of pyridine rings is 2. The van der Waals surface area contributed by atoms with Crippen LogP contribution < -0.4 is 4.90 Å². The summed E-state index contributed by atoms with van der Waals surface area (Å²) in [5.41, 5.74) is 4.56. The largest absolute Gasteiger partial charge is 0.479 e. The van der Waals surface area contributed by atoms with Crippen LogP contribution in [-0.4, -0.2) is 39.7 Å². The van der Waals surface area contributed by atoms with Gasteiger partial charge in [0.15, 0.2) is 6.10 Å². The summed E-state index contributed by atoms with van der Waals surface area (Å²) < 4.78 is 6.06. The third-order valence-corrected chi connectivity index (χ3v) is 5.87. The second kappa shape index (κ2) is 8.58. The van der Waals surface area contributed by atoms with Crippen LogP contribution in [0, 0.1) is 19.3 Å². The van der Waals surface area contributed by atoms with Gasteiger partial charge < -0.3 is 14.7 Å². The Bertz CT molecular complexity index is 936. The number of aromatic nitrogens is 2. The Balaban J connectivity index is 2.22. The number of nitrogens with zero attached hydrogens (tertiary/aromatic N) is 3. The SMILES string of the molecule is Cc1ccc(-c2cnc(C)c(C(OC(C)(C)C)C(=O)O)c2N2CCC(C)(C)CC2)nc1. The third kappa shape index (κ3) is 5.42. The average molecular weight is 426 g/mol. The summed E-state index contributed by atoms with van der Waals surface area (Å²) >= 11 is 0. The van der Waals surface area contributed by atoms with E-state index in [1.54, 1.807) is 0 Å². The van der Waals surface area contributed by atoms with Crippen molar-refractivity contribution in [3.8, 4) is 11.3 Å². The molecule has 2 aromatic heterocycles. The molecule has 0 saturated carbocycles. The van der Waals surface area contributed by atoms with Crippen LogP contribution in [-0.2, 0) is 9.53 Å². The van der Waals surface area contributed by atoms with Crippen LogP contribution in [0.5, 0.6) is 0 Å². The molecule has 1 unspecified atom stereocenters. The van der Waals surface area contributed by atoms with Crippen LogP contribution in [0.1, 0.15) is 70.4 Å². The maximum absolute atomic E-state index is 12.4. The van der Waals surface area contributed by atoms with Crippen LogP contribution in [0.3, 0.4) is 0 Å². The van der Waals surface area contributed by atoms with Gasteiger partial charge in [0.2, 0.25) is 0 Å². The monoisotopic (exact) mass is 425 g/mol. The smallest absolute Gasteiger partial charge is 0.337 e. The molecule has 1 aliphatic rings. The Morgan fingerprint density at radius 3 is 2.29 bits per heavy atom. The summed E-state index contributed by atoms with van der Waals surface area (Å²) in [7, 11) is 0. The number of aliphatic carboxylic acids is 1. The minimum Gasteiger partial charge on any atom is -0.479 e. The molecule has 0 spiro atoms. The Morgan fingerprint density at radius 1 is 1.13 bits per heavy atom. The molecule has 1 N–H and O–H groups in total. The molecule has 1 saturated heterocycles. The van der Waals surface area contributed by atoms with Gasteiger partial charge in [0.1, 0.15) is 0 Å². The zero-order valence-electron chi connectivity index (χ0n) is 19.8. The number of carbonyl (C=O) groups is 1. The lowest BCUT2D eigenvalue weighted by atomic mass is 9.82. The lowest BCUT2D eigenvalue weighted by molar-refractivity contribution is -0.160. The molecule has 1 aliphatic heterocycles. The minimum absolute atomic E-state index is 0.273. The summed E-state index contributed by atoms with van der Waals surface area (Å²) in [6.45, 7) is 15.8. The molecule has 0 radical (unpaired) electrons. The number of ether oxygens (including phenoxy) is 1. The van der Waals surface area contributed by atoms with Crippen molar-refractivity contribution in [3.05, 3.63) is 41.3 Å². The predicted molar refractivity (Wildman–Crippen MR) is 123 cm³/mol. The van der Waals surface area contributed by atoms with E-state index in [0.29, 0.717) is 11.3 Å². The van der Waals surface area contributed by atoms with Crippen LogP contribution >= 0.6 is 0 Å². The highest BCUT2D eigenvalue weighted by Crippen LogP contribution is 2.42. The molecule has 0 amide bonds. The molecule has 1 atom stereocenters. The summed E-state index contributed by atoms with van der Waals surface area (Å²) in [6, 6.07) is 3.99. The number of hydrogen-bond acceptors (Lipinski definition) is 5. The molecule has 0 aliphatic carbocycles. The van der Waals surface area contributed by atoms with Gasteiger partial charge in [-0.1, -0.05) is 19.9 Å². The quantitative estimate of drug-likeness (QED) is 0.698. The van der Waals surface area contributed by atoms with Crippen LogP contribution in [0.15, 0.2) is 24.5 Å². The first-order valence-corrected chi connectivity index (χ1v) is 11.0. The molecule has 3 heterocycles. The van der Waals surface area contributed by atoms with Gasteiger partial charge in [0, 0.05) is 42.3 Å². The molecule has 0 aromatic carbocycles. The van der Waals surface area contributed by atoms with Crippen molar-refractivity contribution in [3.63, 3.8) is 0 Å². The molecule has 31 heavy (non-hydrogen) atoms. The summed E-state index contributed by atoms with van der Waals surface area (Å²) in [6.07, 6.45) is 4.61. The normalized spacial score (nSPS) is 17.5. The molecular weight excluding hydrogens is 390 g/mol. The third-order valence-electron chi connectivity index (χ3n) is 5.87. The number of carboxylic acids is 1. The van der Waals surface area contributed by atoms with Gasteiger partial charge in [-0.15, -0.1) is 0 Å². The molecule has 1 fully saturated rings. The van der Waals surface area contributed by atoms with E-state index in [4.69, 9.17) is 4.74 Å².